The van der Waals surface area contributed by atoms with Crippen molar-refractivity contribution in [1.29, 1.82) is 0 Å². The van der Waals surface area contributed by atoms with E-state index in [4.69, 9.17) is 11.6 Å². The highest BCUT2D eigenvalue weighted by atomic mass is 35.5. The lowest BCUT2D eigenvalue weighted by Gasteiger charge is -1.97. The van der Waals surface area contributed by atoms with Gasteiger partial charge in [-0.15, -0.1) is 11.6 Å². The van der Waals surface area contributed by atoms with Gasteiger partial charge in [-0.3, -0.25) is 0 Å². The van der Waals surface area contributed by atoms with Crippen molar-refractivity contribution in [2.75, 3.05) is 6.26 Å². The molecule has 0 radical (unpaired) electrons. The van der Waals surface area contributed by atoms with E-state index in [2.05, 4.69) is 9.97 Å². The van der Waals surface area contributed by atoms with Gasteiger partial charge in [0.25, 0.3) is 0 Å². The Balaban J connectivity index is 2.81. The van der Waals surface area contributed by atoms with Crippen molar-refractivity contribution in [2.45, 2.75) is 10.8 Å². The molecule has 0 aliphatic carbocycles. The van der Waals surface area contributed by atoms with Crippen LogP contribution in [-0.2, 0) is 15.7 Å². The second kappa shape index (κ2) is 3.50. The van der Waals surface area contributed by atoms with E-state index >= 15 is 0 Å². The lowest BCUT2D eigenvalue weighted by atomic mass is 10.3. The first-order valence-electron chi connectivity index (χ1n) is 4.26. The summed E-state index contributed by atoms with van der Waals surface area (Å²) in [6.07, 6.45) is 1.16. The Kier molecular flexibility index (Phi) is 2.44. The van der Waals surface area contributed by atoms with E-state index in [1.54, 1.807) is 12.1 Å². The molecule has 0 atom stereocenters. The van der Waals surface area contributed by atoms with Crippen LogP contribution in [-0.4, -0.2) is 24.6 Å². The summed E-state index contributed by atoms with van der Waals surface area (Å²) in [5.41, 5.74) is 1.14. The van der Waals surface area contributed by atoms with E-state index in [-0.39, 0.29) is 10.8 Å². The average Bonchev–Trinajstić information content (AvgIpc) is 2.57. The third-order valence-corrected chi connectivity index (χ3v) is 3.43. The van der Waals surface area contributed by atoms with Gasteiger partial charge in [-0.2, -0.15) is 0 Å². The number of benzene rings is 1. The normalized spacial score (nSPS) is 12.1. The topological polar surface area (TPSA) is 62.8 Å². The van der Waals surface area contributed by atoms with E-state index in [1.165, 1.54) is 6.07 Å². The second-order valence-electron chi connectivity index (χ2n) is 3.24. The summed E-state index contributed by atoms with van der Waals surface area (Å²) in [5.74, 6) is 0.806. The Labute approximate surface area is 92.2 Å². The zero-order valence-corrected chi connectivity index (χ0v) is 9.56. The van der Waals surface area contributed by atoms with Crippen molar-refractivity contribution in [3.63, 3.8) is 0 Å². The molecule has 0 unspecified atom stereocenters. The highest BCUT2D eigenvalue weighted by Crippen LogP contribution is 2.21. The number of hydrogen-bond donors (Lipinski definition) is 1. The Morgan fingerprint density at radius 3 is 2.80 bits per heavy atom. The summed E-state index contributed by atoms with van der Waals surface area (Å²) >= 11 is 5.62. The smallest absolute Gasteiger partial charge is 0.177 e. The molecule has 0 saturated carbocycles. The third-order valence-electron chi connectivity index (χ3n) is 2.05. The number of halogens is 1. The predicted octanol–water partition coefficient (Wildman–Crippen LogP) is 1.71. The van der Waals surface area contributed by atoms with Crippen LogP contribution < -0.4 is 0 Å². The SMILES string of the molecule is CS(=O)(=O)c1cccc2[nH]c(CCl)nc12. The van der Waals surface area contributed by atoms with E-state index < -0.39 is 9.84 Å². The van der Waals surface area contributed by atoms with Crippen LogP contribution in [0.25, 0.3) is 11.0 Å². The molecule has 0 bridgehead atoms. The molecule has 0 aliphatic rings. The first-order valence-corrected chi connectivity index (χ1v) is 6.68. The van der Waals surface area contributed by atoms with Crippen molar-refractivity contribution in [2.24, 2.45) is 0 Å². The van der Waals surface area contributed by atoms with Crippen molar-refractivity contribution in [3.8, 4) is 0 Å². The van der Waals surface area contributed by atoms with Crippen LogP contribution in [0.2, 0.25) is 0 Å². The molecular formula is C9H9ClN2O2S. The van der Waals surface area contributed by atoms with Crippen molar-refractivity contribution in [1.82, 2.24) is 9.97 Å². The van der Waals surface area contributed by atoms with Gasteiger partial charge in [0, 0.05) is 6.26 Å². The number of hydrogen-bond acceptors (Lipinski definition) is 3. The fourth-order valence-electron chi connectivity index (χ4n) is 1.42. The van der Waals surface area contributed by atoms with E-state index in [1.807, 2.05) is 0 Å². The summed E-state index contributed by atoms with van der Waals surface area (Å²) in [4.78, 5) is 7.31. The Morgan fingerprint density at radius 1 is 1.47 bits per heavy atom. The first kappa shape index (κ1) is 10.4. The van der Waals surface area contributed by atoms with E-state index in [0.29, 0.717) is 16.9 Å². The maximum atomic E-state index is 11.5. The molecule has 6 heteroatoms. The number of sulfone groups is 1. The van der Waals surface area contributed by atoms with Crippen molar-refractivity contribution < 1.29 is 8.42 Å². The number of imidazole rings is 1. The summed E-state index contributed by atoms with van der Waals surface area (Å²) < 4.78 is 22.9. The molecule has 4 nitrogen and oxygen atoms in total. The maximum absolute atomic E-state index is 11.5. The third kappa shape index (κ3) is 1.85. The Bertz CT molecular complexity index is 604. The number of H-pyrrole nitrogens is 1. The standard InChI is InChI=1S/C9H9ClN2O2S/c1-15(13,14)7-4-2-3-6-9(7)12-8(5-10)11-6/h2-4H,5H2,1H3,(H,11,12). The van der Waals surface area contributed by atoms with Gasteiger partial charge in [-0.25, -0.2) is 13.4 Å². The van der Waals surface area contributed by atoms with Gasteiger partial charge in [0.05, 0.1) is 16.3 Å². The van der Waals surface area contributed by atoms with Gasteiger partial charge < -0.3 is 4.98 Å². The van der Waals surface area contributed by atoms with Crippen LogP contribution in [0.15, 0.2) is 23.1 Å². The summed E-state index contributed by atoms with van der Waals surface area (Å²) in [7, 11) is -3.25. The average molecular weight is 245 g/mol. The number of rotatable bonds is 2. The number of para-hydroxylation sites is 1. The van der Waals surface area contributed by atoms with Crippen LogP contribution >= 0.6 is 11.6 Å². The number of fused-ring (bicyclic) bond motifs is 1. The Morgan fingerprint density at radius 2 is 2.20 bits per heavy atom. The molecule has 0 amide bonds. The van der Waals surface area contributed by atoms with Gasteiger partial charge in [-0.1, -0.05) is 6.07 Å². The number of nitrogens with zero attached hydrogens (tertiary/aromatic N) is 1. The molecular weight excluding hydrogens is 236 g/mol. The first-order chi connectivity index (χ1) is 7.02. The van der Waals surface area contributed by atoms with Crippen LogP contribution in [0.5, 0.6) is 0 Å². The molecule has 1 N–H and O–H groups in total. The minimum atomic E-state index is -3.25. The summed E-state index contributed by atoms with van der Waals surface area (Å²) in [6.45, 7) is 0. The Hall–Kier alpha value is -1.07. The molecule has 0 saturated heterocycles. The predicted molar refractivity (Wildman–Crippen MR) is 58.8 cm³/mol. The van der Waals surface area contributed by atoms with Crippen LogP contribution in [0.3, 0.4) is 0 Å². The summed E-state index contributed by atoms with van der Waals surface area (Å²) in [6, 6.07) is 4.98. The molecule has 1 aromatic heterocycles. The van der Waals surface area contributed by atoms with Crippen LogP contribution in [0.4, 0.5) is 0 Å². The van der Waals surface area contributed by atoms with E-state index in [9.17, 15) is 8.42 Å². The monoisotopic (exact) mass is 244 g/mol. The molecule has 1 aromatic carbocycles. The molecule has 80 valence electrons. The lowest BCUT2D eigenvalue weighted by Crippen LogP contribution is -1.97. The number of alkyl halides is 1. The quantitative estimate of drug-likeness (QED) is 0.818. The highest BCUT2D eigenvalue weighted by Gasteiger charge is 2.14. The lowest BCUT2D eigenvalue weighted by molar-refractivity contribution is 0.602. The maximum Gasteiger partial charge on any atom is 0.177 e. The zero-order chi connectivity index (χ0) is 11.1. The molecule has 0 aliphatic heterocycles. The van der Waals surface area contributed by atoms with Crippen molar-refractivity contribution >= 4 is 32.5 Å². The highest BCUT2D eigenvalue weighted by molar-refractivity contribution is 7.91. The molecule has 15 heavy (non-hydrogen) atoms. The number of aromatic nitrogens is 2. The van der Waals surface area contributed by atoms with Gasteiger partial charge in [-0.05, 0) is 12.1 Å². The fourth-order valence-corrected chi connectivity index (χ4v) is 2.38. The second-order valence-corrected chi connectivity index (χ2v) is 5.49. The molecule has 0 fully saturated rings. The largest absolute Gasteiger partial charge is 0.341 e. The molecule has 2 aromatic rings. The number of aromatic amines is 1. The molecule has 2 rings (SSSR count). The summed E-state index contributed by atoms with van der Waals surface area (Å²) in [5, 5.41) is 0. The minimum absolute atomic E-state index is 0.229. The van der Waals surface area contributed by atoms with Gasteiger partial charge in [0.1, 0.15) is 11.3 Å². The van der Waals surface area contributed by atoms with Gasteiger partial charge in [0.2, 0.25) is 0 Å². The minimum Gasteiger partial charge on any atom is -0.341 e. The van der Waals surface area contributed by atoms with Crippen LogP contribution in [0, 0.1) is 0 Å². The van der Waals surface area contributed by atoms with E-state index in [0.717, 1.165) is 6.26 Å². The van der Waals surface area contributed by atoms with Gasteiger partial charge in [0.15, 0.2) is 9.84 Å². The molecule has 0 spiro atoms. The zero-order valence-electron chi connectivity index (χ0n) is 7.99. The fraction of sp³-hybridized carbons (Fsp3) is 0.222. The van der Waals surface area contributed by atoms with Crippen LogP contribution in [0.1, 0.15) is 5.82 Å². The molecule has 1 heterocycles. The van der Waals surface area contributed by atoms with Gasteiger partial charge >= 0.3 is 0 Å². The number of nitrogens with one attached hydrogen (secondary N) is 1. The van der Waals surface area contributed by atoms with Crippen molar-refractivity contribution in [3.05, 3.63) is 24.0 Å².